The Morgan fingerprint density at radius 2 is 2.08 bits per heavy atom. The van der Waals surface area contributed by atoms with Crippen molar-refractivity contribution < 1.29 is 0 Å². The molecule has 0 unspecified atom stereocenters. The second-order valence-electron chi connectivity index (χ2n) is 4.51. The van der Waals surface area contributed by atoms with E-state index in [4.69, 9.17) is 0 Å². The maximum Gasteiger partial charge on any atom is 0.0953 e. The lowest BCUT2D eigenvalue weighted by Gasteiger charge is -2.28. The number of nitrogens with zero attached hydrogens (tertiary/aromatic N) is 2. The predicted molar refractivity (Wildman–Crippen MR) is 55.9 cm³/mol. The van der Waals surface area contributed by atoms with Gasteiger partial charge in [-0.1, -0.05) is 20.8 Å². The Balaban J connectivity index is 3.07. The monoisotopic (exact) mass is 180 g/mol. The maximum absolute atomic E-state index is 4.22. The van der Waals surface area contributed by atoms with Crippen LogP contribution < -0.4 is 0 Å². The summed E-state index contributed by atoms with van der Waals surface area (Å²) in [6, 6.07) is 0. The van der Waals surface area contributed by atoms with Crippen LogP contribution in [0.15, 0.2) is 12.5 Å². The van der Waals surface area contributed by atoms with Gasteiger partial charge in [0.1, 0.15) is 0 Å². The van der Waals surface area contributed by atoms with Gasteiger partial charge in [0.05, 0.1) is 6.33 Å². The minimum absolute atomic E-state index is 0.191. The van der Waals surface area contributed by atoms with Crippen LogP contribution in [-0.2, 0) is 5.54 Å². The molecular weight excluding hydrogens is 160 g/mol. The van der Waals surface area contributed by atoms with Crippen LogP contribution in [0, 0.1) is 0 Å². The van der Waals surface area contributed by atoms with Crippen LogP contribution in [0.2, 0.25) is 0 Å². The van der Waals surface area contributed by atoms with Crippen LogP contribution in [0.5, 0.6) is 0 Å². The second kappa shape index (κ2) is 3.52. The third-order valence-electron chi connectivity index (χ3n) is 2.78. The summed E-state index contributed by atoms with van der Waals surface area (Å²) in [6.07, 6.45) is 5.05. The summed E-state index contributed by atoms with van der Waals surface area (Å²) in [7, 11) is 0. The summed E-state index contributed by atoms with van der Waals surface area (Å²) in [5.74, 6) is 0.549. The standard InChI is InChI=1S/C11H20N2/c1-6-11(4,5)13-8-12-7-10(13)9(2)3/h7-9H,6H2,1-5H3. The van der Waals surface area contributed by atoms with E-state index in [0.29, 0.717) is 5.92 Å². The zero-order chi connectivity index (χ0) is 10.1. The number of aromatic nitrogens is 2. The number of rotatable bonds is 3. The van der Waals surface area contributed by atoms with E-state index in [-0.39, 0.29) is 5.54 Å². The van der Waals surface area contributed by atoms with Gasteiger partial charge in [0, 0.05) is 17.4 Å². The van der Waals surface area contributed by atoms with Crippen LogP contribution in [0.1, 0.15) is 52.7 Å². The highest BCUT2D eigenvalue weighted by Crippen LogP contribution is 2.25. The molecule has 2 heteroatoms. The van der Waals surface area contributed by atoms with Crippen molar-refractivity contribution in [2.45, 2.75) is 52.5 Å². The Bertz CT molecular complexity index is 271. The van der Waals surface area contributed by atoms with Gasteiger partial charge in [0.2, 0.25) is 0 Å². The van der Waals surface area contributed by atoms with Gasteiger partial charge in [-0.25, -0.2) is 4.98 Å². The molecule has 0 spiro atoms. The van der Waals surface area contributed by atoms with Crippen molar-refractivity contribution in [3.63, 3.8) is 0 Å². The maximum atomic E-state index is 4.22. The second-order valence-corrected chi connectivity index (χ2v) is 4.51. The summed E-state index contributed by atoms with van der Waals surface area (Å²) in [4.78, 5) is 4.22. The first-order valence-electron chi connectivity index (χ1n) is 5.01. The Hall–Kier alpha value is -0.790. The fourth-order valence-corrected chi connectivity index (χ4v) is 1.41. The summed E-state index contributed by atoms with van der Waals surface area (Å²) in [6.45, 7) is 11.1. The first kappa shape index (κ1) is 10.3. The molecule has 2 nitrogen and oxygen atoms in total. The summed E-state index contributed by atoms with van der Waals surface area (Å²) >= 11 is 0. The SMILES string of the molecule is CCC(C)(C)n1cncc1C(C)C. The van der Waals surface area contributed by atoms with E-state index < -0.39 is 0 Å². The van der Waals surface area contributed by atoms with E-state index in [1.165, 1.54) is 5.69 Å². The molecule has 0 saturated heterocycles. The molecule has 13 heavy (non-hydrogen) atoms. The number of hydrogen-bond acceptors (Lipinski definition) is 1. The van der Waals surface area contributed by atoms with E-state index in [1.54, 1.807) is 0 Å². The van der Waals surface area contributed by atoms with Crippen LogP contribution >= 0.6 is 0 Å². The van der Waals surface area contributed by atoms with Crippen LogP contribution in [0.25, 0.3) is 0 Å². The molecule has 0 fully saturated rings. The average molecular weight is 180 g/mol. The molecule has 1 aromatic rings. The number of hydrogen-bond donors (Lipinski definition) is 0. The van der Waals surface area contributed by atoms with Crippen molar-refractivity contribution >= 4 is 0 Å². The molecule has 0 aliphatic rings. The first-order valence-corrected chi connectivity index (χ1v) is 5.01. The highest BCUT2D eigenvalue weighted by atomic mass is 15.1. The molecule has 1 rings (SSSR count). The lowest BCUT2D eigenvalue weighted by Crippen LogP contribution is -2.26. The molecule has 0 atom stereocenters. The van der Waals surface area contributed by atoms with Crippen molar-refractivity contribution in [2.24, 2.45) is 0 Å². The Labute approximate surface area is 81.0 Å². The molecule has 1 heterocycles. The third-order valence-corrected chi connectivity index (χ3v) is 2.78. The fraction of sp³-hybridized carbons (Fsp3) is 0.727. The summed E-state index contributed by atoms with van der Waals surface area (Å²) in [5, 5.41) is 0. The molecule has 0 aromatic carbocycles. The first-order chi connectivity index (χ1) is 5.99. The van der Waals surface area contributed by atoms with Gasteiger partial charge in [-0.05, 0) is 26.2 Å². The van der Waals surface area contributed by atoms with E-state index in [9.17, 15) is 0 Å². The van der Waals surface area contributed by atoms with Crippen molar-refractivity contribution in [2.75, 3.05) is 0 Å². The average Bonchev–Trinajstić information content (AvgIpc) is 2.52. The van der Waals surface area contributed by atoms with E-state index in [1.807, 2.05) is 12.5 Å². The van der Waals surface area contributed by atoms with Gasteiger partial charge >= 0.3 is 0 Å². The van der Waals surface area contributed by atoms with E-state index in [0.717, 1.165) is 6.42 Å². The molecule has 1 aromatic heterocycles. The number of imidazole rings is 1. The van der Waals surface area contributed by atoms with Gasteiger partial charge in [0.25, 0.3) is 0 Å². The van der Waals surface area contributed by atoms with Gasteiger partial charge in [-0.15, -0.1) is 0 Å². The van der Waals surface area contributed by atoms with Crippen molar-refractivity contribution in [1.29, 1.82) is 0 Å². The highest BCUT2D eigenvalue weighted by Gasteiger charge is 2.20. The molecular formula is C11H20N2. The zero-order valence-corrected chi connectivity index (χ0v) is 9.33. The van der Waals surface area contributed by atoms with Crippen LogP contribution in [-0.4, -0.2) is 9.55 Å². The van der Waals surface area contributed by atoms with Crippen molar-refractivity contribution in [3.05, 3.63) is 18.2 Å². The third kappa shape index (κ3) is 1.93. The molecule has 0 amide bonds. The molecule has 0 aliphatic heterocycles. The Kier molecular flexibility index (Phi) is 2.79. The van der Waals surface area contributed by atoms with Crippen LogP contribution in [0.4, 0.5) is 0 Å². The minimum atomic E-state index is 0.191. The molecule has 74 valence electrons. The van der Waals surface area contributed by atoms with Gasteiger partial charge < -0.3 is 4.57 Å². The zero-order valence-electron chi connectivity index (χ0n) is 9.33. The quantitative estimate of drug-likeness (QED) is 0.698. The molecule has 0 saturated carbocycles. The normalized spacial score (nSPS) is 12.5. The van der Waals surface area contributed by atoms with Gasteiger partial charge in [-0.3, -0.25) is 0 Å². The fourth-order valence-electron chi connectivity index (χ4n) is 1.41. The largest absolute Gasteiger partial charge is 0.329 e. The van der Waals surface area contributed by atoms with Gasteiger partial charge in [0.15, 0.2) is 0 Å². The lowest BCUT2D eigenvalue weighted by atomic mass is 10.00. The minimum Gasteiger partial charge on any atom is -0.329 e. The van der Waals surface area contributed by atoms with E-state index in [2.05, 4.69) is 44.2 Å². The van der Waals surface area contributed by atoms with E-state index >= 15 is 0 Å². The van der Waals surface area contributed by atoms with Gasteiger partial charge in [-0.2, -0.15) is 0 Å². The molecule has 0 N–H and O–H groups in total. The molecule has 0 bridgehead atoms. The van der Waals surface area contributed by atoms with Crippen molar-refractivity contribution in [3.8, 4) is 0 Å². The highest BCUT2D eigenvalue weighted by molar-refractivity contribution is 5.07. The lowest BCUT2D eigenvalue weighted by molar-refractivity contribution is 0.329. The topological polar surface area (TPSA) is 17.8 Å². The molecule has 0 aliphatic carbocycles. The Morgan fingerprint density at radius 3 is 2.54 bits per heavy atom. The predicted octanol–water partition coefficient (Wildman–Crippen LogP) is 3.15. The summed E-state index contributed by atoms with van der Waals surface area (Å²) < 4.78 is 2.29. The summed E-state index contributed by atoms with van der Waals surface area (Å²) in [5.41, 5.74) is 1.52. The molecule has 0 radical (unpaired) electrons. The Morgan fingerprint density at radius 1 is 1.46 bits per heavy atom. The smallest absolute Gasteiger partial charge is 0.0953 e. The van der Waals surface area contributed by atoms with Crippen molar-refractivity contribution in [1.82, 2.24) is 9.55 Å². The van der Waals surface area contributed by atoms with Crippen LogP contribution in [0.3, 0.4) is 0 Å².